The van der Waals surface area contributed by atoms with E-state index in [2.05, 4.69) is 6.08 Å². The van der Waals surface area contributed by atoms with E-state index in [1.807, 2.05) is 0 Å². The second kappa shape index (κ2) is 3.61. The van der Waals surface area contributed by atoms with Gasteiger partial charge in [-0.25, -0.2) is 0 Å². The molecule has 0 spiro atoms. The molecule has 2 aliphatic rings. The maximum Gasteiger partial charge on any atom is 0.00449 e. The molecule has 1 nitrogen and oxygen atoms in total. The molecule has 0 atom stereocenters. The molecule has 0 heterocycles. The summed E-state index contributed by atoms with van der Waals surface area (Å²) in [7, 11) is 0. The minimum Gasteiger partial charge on any atom is -0.328 e. The van der Waals surface area contributed by atoms with Gasteiger partial charge in [0.2, 0.25) is 0 Å². The van der Waals surface area contributed by atoms with E-state index in [4.69, 9.17) is 5.73 Å². The van der Waals surface area contributed by atoms with Gasteiger partial charge in [0.05, 0.1) is 0 Å². The summed E-state index contributed by atoms with van der Waals surface area (Å²) in [6.45, 7) is 0. The van der Waals surface area contributed by atoms with Gasteiger partial charge in [0, 0.05) is 6.04 Å². The standard InChI is InChI=1S/C11H19N/c12-11-6-4-10(5-7-11)8-9-2-1-3-9/h8-9,11H,1-7,12H2. The number of hydrogen-bond acceptors (Lipinski definition) is 1. The summed E-state index contributed by atoms with van der Waals surface area (Å²) >= 11 is 0. The largest absolute Gasteiger partial charge is 0.328 e. The molecular formula is C11H19N. The summed E-state index contributed by atoms with van der Waals surface area (Å²) in [6.07, 6.45) is 11.9. The van der Waals surface area contributed by atoms with Gasteiger partial charge in [-0.1, -0.05) is 18.1 Å². The monoisotopic (exact) mass is 165 g/mol. The van der Waals surface area contributed by atoms with Crippen LogP contribution in [0.15, 0.2) is 11.6 Å². The highest BCUT2D eigenvalue weighted by Crippen LogP contribution is 2.32. The van der Waals surface area contributed by atoms with Crippen molar-refractivity contribution >= 4 is 0 Å². The molecule has 0 amide bonds. The lowest BCUT2D eigenvalue weighted by atomic mass is 9.81. The number of hydrogen-bond donors (Lipinski definition) is 1. The summed E-state index contributed by atoms with van der Waals surface area (Å²) in [6, 6.07) is 0.489. The van der Waals surface area contributed by atoms with E-state index in [1.54, 1.807) is 5.57 Å². The lowest BCUT2D eigenvalue weighted by Gasteiger charge is -2.26. The molecule has 1 heteroatoms. The molecular weight excluding hydrogens is 146 g/mol. The van der Waals surface area contributed by atoms with Crippen molar-refractivity contribution in [2.24, 2.45) is 11.7 Å². The van der Waals surface area contributed by atoms with E-state index >= 15 is 0 Å². The first-order chi connectivity index (χ1) is 5.84. The first kappa shape index (κ1) is 8.31. The van der Waals surface area contributed by atoms with Crippen LogP contribution in [0, 0.1) is 5.92 Å². The van der Waals surface area contributed by atoms with E-state index in [9.17, 15) is 0 Å². The lowest BCUT2D eigenvalue weighted by molar-refractivity contribution is 0.381. The Balaban J connectivity index is 1.83. The Hall–Kier alpha value is -0.300. The fourth-order valence-electron chi connectivity index (χ4n) is 2.12. The van der Waals surface area contributed by atoms with Gasteiger partial charge in [0.15, 0.2) is 0 Å². The highest BCUT2D eigenvalue weighted by molar-refractivity contribution is 5.09. The first-order valence-electron chi connectivity index (χ1n) is 5.30. The number of nitrogens with two attached hydrogens (primary N) is 1. The third kappa shape index (κ3) is 1.89. The quantitative estimate of drug-likeness (QED) is 0.594. The summed E-state index contributed by atoms with van der Waals surface area (Å²) in [5.41, 5.74) is 7.54. The van der Waals surface area contributed by atoms with Crippen molar-refractivity contribution in [2.75, 3.05) is 0 Å². The van der Waals surface area contributed by atoms with E-state index in [0.29, 0.717) is 6.04 Å². The highest BCUT2D eigenvalue weighted by atomic mass is 14.6. The van der Waals surface area contributed by atoms with Gasteiger partial charge >= 0.3 is 0 Å². The molecule has 0 aromatic carbocycles. The molecule has 0 aromatic rings. The van der Waals surface area contributed by atoms with Crippen LogP contribution in [0.4, 0.5) is 0 Å². The fourth-order valence-corrected chi connectivity index (χ4v) is 2.12. The van der Waals surface area contributed by atoms with Crippen LogP contribution in [-0.2, 0) is 0 Å². The predicted octanol–water partition coefficient (Wildman–Crippen LogP) is 2.61. The van der Waals surface area contributed by atoms with Crippen molar-refractivity contribution in [1.29, 1.82) is 0 Å². The van der Waals surface area contributed by atoms with Gasteiger partial charge in [0.1, 0.15) is 0 Å². The summed E-state index contributed by atoms with van der Waals surface area (Å²) in [5.74, 6) is 0.939. The lowest BCUT2D eigenvalue weighted by Crippen LogP contribution is -2.23. The molecule has 2 rings (SSSR count). The molecule has 12 heavy (non-hydrogen) atoms. The normalized spacial score (nSPS) is 31.4. The summed E-state index contributed by atoms with van der Waals surface area (Å²) < 4.78 is 0. The van der Waals surface area contributed by atoms with Crippen LogP contribution >= 0.6 is 0 Å². The molecule has 2 aliphatic carbocycles. The van der Waals surface area contributed by atoms with Crippen LogP contribution in [0.2, 0.25) is 0 Å². The van der Waals surface area contributed by atoms with E-state index in [-0.39, 0.29) is 0 Å². The zero-order valence-electron chi connectivity index (χ0n) is 7.76. The third-order valence-electron chi connectivity index (χ3n) is 3.29. The Morgan fingerprint density at radius 1 is 1.08 bits per heavy atom. The molecule has 0 saturated heterocycles. The van der Waals surface area contributed by atoms with Crippen LogP contribution in [0.3, 0.4) is 0 Å². The van der Waals surface area contributed by atoms with E-state index < -0.39 is 0 Å². The van der Waals surface area contributed by atoms with Gasteiger partial charge in [-0.3, -0.25) is 0 Å². The molecule has 2 N–H and O–H groups in total. The zero-order chi connectivity index (χ0) is 8.39. The molecule has 0 bridgehead atoms. The van der Waals surface area contributed by atoms with Crippen molar-refractivity contribution in [2.45, 2.75) is 51.0 Å². The Bertz CT molecular complexity index is 169. The van der Waals surface area contributed by atoms with Crippen molar-refractivity contribution < 1.29 is 0 Å². The van der Waals surface area contributed by atoms with Crippen molar-refractivity contribution in [3.05, 3.63) is 11.6 Å². The molecule has 0 aliphatic heterocycles. The van der Waals surface area contributed by atoms with Crippen molar-refractivity contribution in [3.63, 3.8) is 0 Å². The van der Waals surface area contributed by atoms with E-state index in [1.165, 1.54) is 44.9 Å². The number of allylic oxidation sites excluding steroid dienone is 2. The molecule has 2 saturated carbocycles. The molecule has 68 valence electrons. The summed E-state index contributed by atoms with van der Waals surface area (Å²) in [4.78, 5) is 0. The minimum atomic E-state index is 0.489. The van der Waals surface area contributed by atoms with Gasteiger partial charge in [-0.15, -0.1) is 0 Å². The van der Waals surface area contributed by atoms with Gasteiger partial charge in [0.25, 0.3) is 0 Å². The highest BCUT2D eigenvalue weighted by Gasteiger charge is 2.18. The SMILES string of the molecule is NC1CCC(=CC2CCC2)CC1. The Labute approximate surface area is 75.0 Å². The third-order valence-corrected chi connectivity index (χ3v) is 3.29. The topological polar surface area (TPSA) is 26.0 Å². The molecule has 0 radical (unpaired) electrons. The number of rotatable bonds is 1. The second-order valence-corrected chi connectivity index (χ2v) is 4.35. The zero-order valence-corrected chi connectivity index (χ0v) is 7.76. The van der Waals surface area contributed by atoms with Crippen molar-refractivity contribution in [1.82, 2.24) is 0 Å². The van der Waals surface area contributed by atoms with E-state index in [0.717, 1.165) is 5.92 Å². The van der Waals surface area contributed by atoms with Crippen LogP contribution in [0.5, 0.6) is 0 Å². The average molecular weight is 165 g/mol. The smallest absolute Gasteiger partial charge is 0.00449 e. The van der Waals surface area contributed by atoms with Gasteiger partial charge < -0.3 is 5.73 Å². The summed E-state index contributed by atoms with van der Waals surface area (Å²) in [5, 5.41) is 0. The second-order valence-electron chi connectivity index (χ2n) is 4.35. The van der Waals surface area contributed by atoms with Crippen molar-refractivity contribution in [3.8, 4) is 0 Å². The Morgan fingerprint density at radius 2 is 1.75 bits per heavy atom. The Kier molecular flexibility index (Phi) is 2.50. The maximum absolute atomic E-state index is 5.85. The first-order valence-corrected chi connectivity index (χ1v) is 5.30. The average Bonchev–Trinajstić information content (AvgIpc) is 2.00. The fraction of sp³-hybridized carbons (Fsp3) is 0.818. The molecule has 0 aromatic heterocycles. The molecule has 2 fully saturated rings. The predicted molar refractivity (Wildman–Crippen MR) is 51.9 cm³/mol. The maximum atomic E-state index is 5.85. The van der Waals surface area contributed by atoms with Crippen LogP contribution in [-0.4, -0.2) is 6.04 Å². The molecule has 0 unspecified atom stereocenters. The Morgan fingerprint density at radius 3 is 2.25 bits per heavy atom. The van der Waals surface area contributed by atoms with Crippen LogP contribution in [0.25, 0.3) is 0 Å². The van der Waals surface area contributed by atoms with Crippen LogP contribution in [0.1, 0.15) is 44.9 Å². The van der Waals surface area contributed by atoms with Gasteiger partial charge in [-0.05, 0) is 44.4 Å². The van der Waals surface area contributed by atoms with Crippen LogP contribution < -0.4 is 5.73 Å². The minimum absolute atomic E-state index is 0.489. The van der Waals surface area contributed by atoms with Gasteiger partial charge in [-0.2, -0.15) is 0 Å².